The van der Waals surface area contributed by atoms with Crippen molar-refractivity contribution in [3.05, 3.63) is 47.7 Å². The second kappa shape index (κ2) is 6.23. The first-order chi connectivity index (χ1) is 11.6. The van der Waals surface area contributed by atoms with Crippen LogP contribution in [0, 0.1) is 23.5 Å². The molecule has 24 heavy (non-hydrogen) atoms. The van der Waals surface area contributed by atoms with E-state index in [0.717, 1.165) is 37.3 Å². The van der Waals surface area contributed by atoms with Gasteiger partial charge in [0.2, 0.25) is 6.29 Å². The molecule has 0 amide bonds. The molecule has 1 N–H and O–H groups in total. The third-order valence-corrected chi connectivity index (χ3v) is 5.03. The highest BCUT2D eigenvalue weighted by Crippen LogP contribution is 2.33. The summed E-state index contributed by atoms with van der Waals surface area (Å²) in [6.45, 7) is 4.10. The lowest BCUT2D eigenvalue weighted by atomic mass is 10.0. The number of aliphatic imine (C=N–C) groups is 1. The van der Waals surface area contributed by atoms with Crippen LogP contribution in [-0.2, 0) is 6.54 Å². The van der Waals surface area contributed by atoms with Crippen molar-refractivity contribution in [3.63, 3.8) is 0 Å². The van der Waals surface area contributed by atoms with E-state index in [9.17, 15) is 14.0 Å². The monoisotopic (exact) mass is 334 g/mol. The first kappa shape index (κ1) is 15.7. The van der Waals surface area contributed by atoms with Gasteiger partial charge in [0.15, 0.2) is 0 Å². The number of rotatable bonds is 3. The zero-order valence-electron chi connectivity index (χ0n) is 13.2. The van der Waals surface area contributed by atoms with Crippen LogP contribution in [0.2, 0.25) is 0 Å². The van der Waals surface area contributed by atoms with Gasteiger partial charge >= 0.3 is 0 Å². The summed E-state index contributed by atoms with van der Waals surface area (Å²) in [5.41, 5.74) is 0.674. The quantitative estimate of drug-likeness (QED) is 0.917. The summed E-state index contributed by atoms with van der Waals surface area (Å²) in [5, 5.41) is 11.0. The number of hydrogen-bond donors (Lipinski definition) is 1. The summed E-state index contributed by atoms with van der Waals surface area (Å²) in [7, 11) is 0. The SMILES string of the molecule is ON1C=CC=NC1N1CC2CN(Cc3cc(F)cc(F)c3)CC2C1. The van der Waals surface area contributed by atoms with Gasteiger partial charge in [-0.15, -0.1) is 0 Å². The van der Waals surface area contributed by atoms with Gasteiger partial charge < -0.3 is 0 Å². The van der Waals surface area contributed by atoms with E-state index in [0.29, 0.717) is 23.9 Å². The molecular weight excluding hydrogens is 314 g/mol. The molecule has 0 aromatic heterocycles. The number of likely N-dealkylation sites (tertiary alicyclic amines) is 2. The number of hydrogen-bond acceptors (Lipinski definition) is 5. The van der Waals surface area contributed by atoms with Crippen molar-refractivity contribution in [1.29, 1.82) is 0 Å². The van der Waals surface area contributed by atoms with Gasteiger partial charge in [0.05, 0.1) is 0 Å². The smallest absolute Gasteiger partial charge is 0.201 e. The Morgan fingerprint density at radius 1 is 1.04 bits per heavy atom. The molecule has 3 heterocycles. The average molecular weight is 334 g/mol. The van der Waals surface area contributed by atoms with E-state index < -0.39 is 11.6 Å². The van der Waals surface area contributed by atoms with Crippen LogP contribution >= 0.6 is 0 Å². The van der Waals surface area contributed by atoms with E-state index in [4.69, 9.17) is 0 Å². The van der Waals surface area contributed by atoms with E-state index in [1.807, 2.05) is 0 Å². The molecular formula is C17H20F2N4O. The van der Waals surface area contributed by atoms with Crippen molar-refractivity contribution in [2.75, 3.05) is 26.2 Å². The minimum atomic E-state index is -0.526. The Morgan fingerprint density at radius 2 is 1.71 bits per heavy atom. The number of benzene rings is 1. The molecule has 3 aliphatic rings. The van der Waals surface area contributed by atoms with Crippen molar-refractivity contribution in [2.45, 2.75) is 12.8 Å². The number of halogens is 2. The Balaban J connectivity index is 1.36. The normalized spacial score (nSPS) is 30.3. The lowest BCUT2D eigenvalue weighted by Crippen LogP contribution is -2.44. The number of fused-ring (bicyclic) bond motifs is 1. The van der Waals surface area contributed by atoms with Crippen LogP contribution in [0.25, 0.3) is 0 Å². The molecule has 2 saturated heterocycles. The van der Waals surface area contributed by atoms with Crippen LogP contribution < -0.4 is 0 Å². The highest BCUT2D eigenvalue weighted by atomic mass is 19.1. The Morgan fingerprint density at radius 3 is 2.33 bits per heavy atom. The summed E-state index contributed by atoms with van der Waals surface area (Å²) < 4.78 is 26.6. The van der Waals surface area contributed by atoms with Crippen LogP contribution in [0.3, 0.4) is 0 Å². The number of allylic oxidation sites excluding steroid dienone is 1. The second-order valence-electron chi connectivity index (χ2n) is 6.81. The standard InChI is InChI=1S/C17H20F2N4O/c18-15-4-12(5-16(19)6-15)7-21-8-13-10-22(11-14(13)9-21)17-20-2-1-3-23(17)24/h1-6,13-14,17,24H,7-11H2. The molecule has 1 aromatic rings. The first-order valence-corrected chi connectivity index (χ1v) is 8.17. The number of nitrogens with zero attached hydrogens (tertiary/aromatic N) is 4. The summed E-state index contributed by atoms with van der Waals surface area (Å²) >= 11 is 0. The minimum absolute atomic E-state index is 0.341. The van der Waals surface area contributed by atoms with E-state index in [2.05, 4.69) is 14.8 Å². The van der Waals surface area contributed by atoms with Gasteiger partial charge in [-0.25, -0.2) is 13.8 Å². The van der Waals surface area contributed by atoms with Gasteiger partial charge in [0, 0.05) is 51.2 Å². The molecule has 4 rings (SSSR count). The summed E-state index contributed by atoms with van der Waals surface area (Å²) in [6, 6.07) is 3.70. The van der Waals surface area contributed by atoms with Crippen LogP contribution in [0.1, 0.15) is 5.56 Å². The van der Waals surface area contributed by atoms with Crippen LogP contribution in [-0.4, -0.2) is 58.8 Å². The van der Waals surface area contributed by atoms with E-state index >= 15 is 0 Å². The van der Waals surface area contributed by atoms with E-state index in [1.165, 1.54) is 12.1 Å². The molecule has 0 bridgehead atoms. The van der Waals surface area contributed by atoms with Crippen molar-refractivity contribution < 1.29 is 14.0 Å². The van der Waals surface area contributed by atoms with Crippen molar-refractivity contribution >= 4 is 6.21 Å². The molecule has 3 unspecified atom stereocenters. The maximum absolute atomic E-state index is 13.3. The zero-order valence-corrected chi connectivity index (χ0v) is 13.2. The van der Waals surface area contributed by atoms with Gasteiger partial charge in [-0.1, -0.05) is 0 Å². The number of hydroxylamine groups is 2. The van der Waals surface area contributed by atoms with E-state index in [1.54, 1.807) is 18.5 Å². The molecule has 3 atom stereocenters. The maximum atomic E-state index is 13.3. The Bertz CT molecular complexity index is 646. The third-order valence-electron chi connectivity index (χ3n) is 5.03. The summed E-state index contributed by atoms with van der Waals surface area (Å²) in [5.74, 6) is -0.0561. The van der Waals surface area contributed by atoms with Crippen molar-refractivity contribution in [3.8, 4) is 0 Å². The molecule has 5 nitrogen and oxygen atoms in total. The van der Waals surface area contributed by atoms with Crippen LogP contribution in [0.15, 0.2) is 35.5 Å². The molecule has 0 aliphatic carbocycles. The zero-order chi connectivity index (χ0) is 16.7. The molecule has 3 aliphatic heterocycles. The van der Waals surface area contributed by atoms with Gasteiger partial charge in [-0.05, 0) is 35.6 Å². The van der Waals surface area contributed by atoms with Crippen molar-refractivity contribution in [2.24, 2.45) is 16.8 Å². The molecule has 0 radical (unpaired) electrons. The largest absolute Gasteiger partial charge is 0.298 e. The van der Waals surface area contributed by atoms with Crippen LogP contribution in [0.5, 0.6) is 0 Å². The fourth-order valence-corrected chi connectivity index (χ4v) is 4.06. The highest BCUT2D eigenvalue weighted by molar-refractivity contribution is 5.71. The lowest BCUT2D eigenvalue weighted by Gasteiger charge is -2.32. The predicted molar refractivity (Wildman–Crippen MR) is 85.2 cm³/mol. The Kier molecular flexibility index (Phi) is 4.07. The molecule has 0 spiro atoms. The third kappa shape index (κ3) is 3.07. The first-order valence-electron chi connectivity index (χ1n) is 8.17. The highest BCUT2D eigenvalue weighted by Gasteiger charge is 2.42. The van der Waals surface area contributed by atoms with Crippen molar-refractivity contribution in [1.82, 2.24) is 14.9 Å². The molecule has 7 heteroatoms. The summed E-state index contributed by atoms with van der Waals surface area (Å²) in [4.78, 5) is 8.75. The fraction of sp³-hybridized carbons (Fsp3) is 0.471. The van der Waals surface area contributed by atoms with Gasteiger partial charge in [0.1, 0.15) is 11.6 Å². The predicted octanol–water partition coefficient (Wildman–Crippen LogP) is 1.90. The minimum Gasteiger partial charge on any atom is -0.298 e. The molecule has 1 aromatic carbocycles. The topological polar surface area (TPSA) is 42.3 Å². The second-order valence-corrected chi connectivity index (χ2v) is 6.81. The average Bonchev–Trinajstić information content (AvgIpc) is 3.04. The Labute approximate surface area is 139 Å². The van der Waals surface area contributed by atoms with E-state index in [-0.39, 0.29) is 6.29 Å². The van der Waals surface area contributed by atoms with Crippen LogP contribution in [0.4, 0.5) is 8.78 Å². The molecule has 128 valence electrons. The van der Waals surface area contributed by atoms with Gasteiger partial charge in [-0.2, -0.15) is 0 Å². The maximum Gasteiger partial charge on any atom is 0.201 e. The fourth-order valence-electron chi connectivity index (χ4n) is 4.06. The lowest BCUT2D eigenvalue weighted by molar-refractivity contribution is -0.126. The van der Waals surface area contributed by atoms with Gasteiger partial charge in [0.25, 0.3) is 0 Å². The van der Waals surface area contributed by atoms with Gasteiger partial charge in [-0.3, -0.25) is 20.0 Å². The summed E-state index contributed by atoms with van der Waals surface area (Å²) in [6.07, 6.45) is 4.67. The molecule has 0 saturated carbocycles. The Hall–Kier alpha value is -1.83. The molecule has 2 fully saturated rings.